The Balaban J connectivity index is 1.66. The molecule has 0 spiro atoms. The monoisotopic (exact) mass is 377 g/mol. The second-order valence-electron chi connectivity index (χ2n) is 6.90. The summed E-state index contributed by atoms with van der Waals surface area (Å²) in [5, 5.41) is 3.49. The van der Waals surface area contributed by atoms with E-state index in [1.807, 2.05) is 0 Å². The summed E-state index contributed by atoms with van der Waals surface area (Å²) in [5.41, 5.74) is 2.74. The normalized spacial score (nSPS) is 14.9. The maximum absolute atomic E-state index is 12.4. The van der Waals surface area contributed by atoms with Crippen LogP contribution >= 0.6 is 23.2 Å². The second-order valence-corrected chi connectivity index (χ2v) is 7.69. The van der Waals surface area contributed by atoms with Gasteiger partial charge in [-0.25, -0.2) is 4.98 Å². The molecule has 0 bridgehead atoms. The standard InChI is InChI=1S/C19H21Cl2N3O/c1-19(2,24-10-9-13-5-3-4-6-14(13)11-24)12-22-18(25)17-15(20)7-8-16(21)23-17/h3-8H,9-12H2,1-2H3,(H,22,25). The van der Waals surface area contributed by atoms with E-state index in [1.165, 1.54) is 11.1 Å². The van der Waals surface area contributed by atoms with Gasteiger partial charge in [0.1, 0.15) is 10.8 Å². The van der Waals surface area contributed by atoms with Gasteiger partial charge in [-0.2, -0.15) is 0 Å². The van der Waals surface area contributed by atoms with Gasteiger partial charge < -0.3 is 5.32 Å². The van der Waals surface area contributed by atoms with Crippen LogP contribution in [0.25, 0.3) is 0 Å². The van der Waals surface area contributed by atoms with Crippen molar-refractivity contribution in [1.29, 1.82) is 0 Å². The van der Waals surface area contributed by atoms with Crippen molar-refractivity contribution in [3.05, 3.63) is 63.4 Å². The molecule has 4 nitrogen and oxygen atoms in total. The lowest BCUT2D eigenvalue weighted by atomic mass is 9.94. The Kier molecular flexibility index (Phi) is 5.32. The molecule has 0 aliphatic carbocycles. The van der Waals surface area contributed by atoms with Crippen LogP contribution in [0.3, 0.4) is 0 Å². The molecule has 1 aromatic heterocycles. The van der Waals surface area contributed by atoms with Crippen LogP contribution < -0.4 is 5.32 Å². The average Bonchev–Trinajstić information content (AvgIpc) is 2.61. The number of fused-ring (bicyclic) bond motifs is 1. The van der Waals surface area contributed by atoms with Crippen LogP contribution in [-0.4, -0.2) is 34.4 Å². The molecular formula is C19H21Cl2N3O. The first kappa shape index (κ1) is 18.2. The van der Waals surface area contributed by atoms with Gasteiger partial charge in [0.15, 0.2) is 0 Å². The Labute approximate surface area is 158 Å². The number of halogens is 2. The molecule has 0 radical (unpaired) electrons. The minimum absolute atomic E-state index is 0.161. The van der Waals surface area contributed by atoms with Crippen LogP contribution in [0.15, 0.2) is 36.4 Å². The fourth-order valence-corrected chi connectivity index (χ4v) is 3.42. The first-order valence-corrected chi connectivity index (χ1v) is 9.04. The number of nitrogens with zero attached hydrogens (tertiary/aromatic N) is 2. The van der Waals surface area contributed by atoms with Crippen molar-refractivity contribution in [2.45, 2.75) is 32.4 Å². The molecule has 0 unspecified atom stereocenters. The summed E-state index contributed by atoms with van der Waals surface area (Å²) in [6, 6.07) is 11.7. The number of carbonyl (C=O) groups excluding carboxylic acids is 1. The Morgan fingerprint density at radius 2 is 1.92 bits per heavy atom. The smallest absolute Gasteiger partial charge is 0.271 e. The zero-order valence-corrected chi connectivity index (χ0v) is 15.9. The van der Waals surface area contributed by atoms with Crippen molar-refractivity contribution in [2.75, 3.05) is 13.1 Å². The third kappa shape index (κ3) is 4.14. The van der Waals surface area contributed by atoms with Crippen molar-refractivity contribution in [3.63, 3.8) is 0 Å². The quantitative estimate of drug-likeness (QED) is 0.820. The molecule has 0 fully saturated rings. The van der Waals surface area contributed by atoms with Gasteiger partial charge in [-0.05, 0) is 43.5 Å². The number of carbonyl (C=O) groups is 1. The molecule has 1 aliphatic heterocycles. The number of amides is 1. The van der Waals surface area contributed by atoms with E-state index in [9.17, 15) is 4.79 Å². The summed E-state index contributed by atoms with van der Waals surface area (Å²) in [6.07, 6.45) is 1.02. The van der Waals surface area contributed by atoms with Crippen LogP contribution in [0, 0.1) is 0 Å². The predicted octanol–water partition coefficient (Wildman–Crippen LogP) is 3.96. The van der Waals surface area contributed by atoms with E-state index in [1.54, 1.807) is 12.1 Å². The number of nitrogens with one attached hydrogen (secondary N) is 1. The van der Waals surface area contributed by atoms with Gasteiger partial charge in [-0.1, -0.05) is 47.5 Å². The van der Waals surface area contributed by atoms with Crippen molar-refractivity contribution in [1.82, 2.24) is 15.2 Å². The van der Waals surface area contributed by atoms with E-state index in [2.05, 4.69) is 53.3 Å². The molecule has 25 heavy (non-hydrogen) atoms. The summed E-state index contributed by atoms with van der Waals surface area (Å²) in [5.74, 6) is -0.307. The van der Waals surface area contributed by atoms with Gasteiger partial charge >= 0.3 is 0 Å². The number of pyridine rings is 1. The molecule has 1 aromatic carbocycles. The van der Waals surface area contributed by atoms with E-state index in [4.69, 9.17) is 23.2 Å². The first-order chi connectivity index (χ1) is 11.9. The predicted molar refractivity (Wildman–Crippen MR) is 101 cm³/mol. The average molecular weight is 378 g/mol. The highest BCUT2D eigenvalue weighted by atomic mass is 35.5. The molecule has 132 valence electrons. The Morgan fingerprint density at radius 1 is 1.20 bits per heavy atom. The fraction of sp³-hybridized carbons (Fsp3) is 0.368. The maximum Gasteiger partial charge on any atom is 0.271 e. The van der Waals surface area contributed by atoms with Crippen LogP contribution in [0.4, 0.5) is 0 Å². The molecule has 1 N–H and O–H groups in total. The molecule has 1 aliphatic rings. The summed E-state index contributed by atoms with van der Waals surface area (Å²) >= 11 is 11.9. The van der Waals surface area contributed by atoms with Crippen LogP contribution in [0.1, 0.15) is 35.5 Å². The van der Waals surface area contributed by atoms with E-state index >= 15 is 0 Å². The van der Waals surface area contributed by atoms with Crippen molar-refractivity contribution < 1.29 is 4.79 Å². The van der Waals surface area contributed by atoms with Gasteiger partial charge in [0.2, 0.25) is 0 Å². The Morgan fingerprint density at radius 3 is 2.68 bits per heavy atom. The summed E-state index contributed by atoms with van der Waals surface area (Å²) in [6.45, 7) is 6.62. The molecular weight excluding hydrogens is 357 g/mol. The lowest BCUT2D eigenvalue weighted by Gasteiger charge is -2.41. The van der Waals surface area contributed by atoms with Gasteiger partial charge in [0, 0.05) is 25.2 Å². The summed E-state index contributed by atoms with van der Waals surface area (Å²) in [7, 11) is 0. The highest BCUT2D eigenvalue weighted by Crippen LogP contribution is 2.25. The first-order valence-electron chi connectivity index (χ1n) is 8.29. The Bertz CT molecular complexity index is 792. The minimum atomic E-state index is -0.307. The van der Waals surface area contributed by atoms with Crippen LogP contribution in [-0.2, 0) is 13.0 Å². The SMILES string of the molecule is CC(C)(CNC(=O)c1nc(Cl)ccc1Cl)N1CCc2ccccc2C1. The van der Waals surface area contributed by atoms with Gasteiger partial charge in [0.05, 0.1) is 5.02 Å². The minimum Gasteiger partial charge on any atom is -0.349 e. The number of aromatic nitrogens is 1. The zero-order valence-electron chi connectivity index (χ0n) is 14.4. The molecule has 0 atom stereocenters. The summed E-state index contributed by atoms with van der Waals surface area (Å²) in [4.78, 5) is 18.8. The molecule has 1 amide bonds. The van der Waals surface area contributed by atoms with Crippen LogP contribution in [0.5, 0.6) is 0 Å². The number of hydrogen-bond acceptors (Lipinski definition) is 3. The molecule has 2 aromatic rings. The molecule has 6 heteroatoms. The molecule has 0 saturated heterocycles. The van der Waals surface area contributed by atoms with Crippen LogP contribution in [0.2, 0.25) is 10.2 Å². The number of rotatable bonds is 4. The van der Waals surface area contributed by atoms with E-state index in [0.717, 1.165) is 19.5 Å². The van der Waals surface area contributed by atoms with Crippen molar-refractivity contribution >= 4 is 29.1 Å². The number of hydrogen-bond donors (Lipinski definition) is 1. The van der Waals surface area contributed by atoms with Gasteiger partial charge in [-0.3, -0.25) is 9.69 Å². The molecule has 3 rings (SSSR count). The fourth-order valence-electron chi connectivity index (χ4n) is 3.08. The van der Waals surface area contributed by atoms with E-state index < -0.39 is 0 Å². The molecule has 2 heterocycles. The Hall–Kier alpha value is -1.62. The van der Waals surface area contributed by atoms with E-state index in [-0.39, 0.29) is 22.3 Å². The van der Waals surface area contributed by atoms with Gasteiger partial charge in [-0.15, -0.1) is 0 Å². The highest BCUT2D eigenvalue weighted by molar-refractivity contribution is 6.34. The third-order valence-corrected chi connectivity index (χ3v) is 5.21. The van der Waals surface area contributed by atoms with Crippen molar-refractivity contribution in [3.8, 4) is 0 Å². The highest BCUT2D eigenvalue weighted by Gasteiger charge is 2.30. The molecule has 0 saturated carbocycles. The largest absolute Gasteiger partial charge is 0.349 e. The lowest BCUT2D eigenvalue weighted by Crippen LogP contribution is -2.53. The van der Waals surface area contributed by atoms with Crippen molar-refractivity contribution in [2.24, 2.45) is 0 Å². The summed E-state index contributed by atoms with van der Waals surface area (Å²) < 4.78 is 0. The van der Waals surface area contributed by atoms with Gasteiger partial charge in [0.25, 0.3) is 5.91 Å². The number of benzene rings is 1. The third-order valence-electron chi connectivity index (χ3n) is 4.70. The zero-order chi connectivity index (χ0) is 18.0. The topological polar surface area (TPSA) is 45.2 Å². The maximum atomic E-state index is 12.4. The van der Waals surface area contributed by atoms with E-state index in [0.29, 0.717) is 11.6 Å². The second kappa shape index (κ2) is 7.32. The lowest BCUT2D eigenvalue weighted by molar-refractivity contribution is 0.0822.